The zero-order valence-electron chi connectivity index (χ0n) is 16.0. The Hall–Kier alpha value is -3.12. The van der Waals surface area contributed by atoms with Gasteiger partial charge in [0.05, 0.1) is 6.61 Å². The molecule has 0 saturated carbocycles. The number of hydrogen-bond acceptors (Lipinski definition) is 4. The summed E-state index contributed by atoms with van der Waals surface area (Å²) < 4.78 is 11.1. The molecule has 2 heterocycles. The van der Waals surface area contributed by atoms with Gasteiger partial charge in [-0.1, -0.05) is 24.3 Å². The topological polar surface area (TPSA) is 71.8 Å². The van der Waals surface area contributed by atoms with Crippen molar-refractivity contribution in [1.82, 2.24) is 0 Å². The number of methoxy groups -OCH3 is 1. The van der Waals surface area contributed by atoms with Crippen molar-refractivity contribution in [2.75, 3.05) is 23.9 Å². The molecule has 1 N–H and O–H groups in total. The van der Waals surface area contributed by atoms with Gasteiger partial charge in [0.1, 0.15) is 5.58 Å². The molecular weight excluding hydrogens is 356 g/mol. The molecule has 1 aliphatic heterocycles. The van der Waals surface area contributed by atoms with Crippen LogP contribution in [0.25, 0.3) is 11.0 Å². The Balaban J connectivity index is 1.67. The van der Waals surface area contributed by atoms with Gasteiger partial charge < -0.3 is 19.4 Å². The molecule has 0 bridgehead atoms. The van der Waals surface area contributed by atoms with Gasteiger partial charge in [0, 0.05) is 42.4 Å². The van der Waals surface area contributed by atoms with E-state index < -0.39 is 0 Å². The predicted octanol–water partition coefficient (Wildman–Crippen LogP) is 4.27. The molecule has 28 heavy (non-hydrogen) atoms. The molecule has 4 rings (SSSR count). The number of ether oxygens (including phenoxy) is 1. The maximum absolute atomic E-state index is 13.0. The van der Waals surface area contributed by atoms with E-state index in [0.29, 0.717) is 24.2 Å². The lowest BCUT2D eigenvalue weighted by Gasteiger charge is -2.20. The Morgan fingerprint density at radius 1 is 1.21 bits per heavy atom. The van der Waals surface area contributed by atoms with E-state index in [4.69, 9.17) is 9.15 Å². The number of para-hydroxylation sites is 1. The number of carbonyl (C=O) groups excluding carboxylic acids is 2. The molecule has 6 heteroatoms. The first-order chi connectivity index (χ1) is 13.6. The van der Waals surface area contributed by atoms with Crippen molar-refractivity contribution in [2.24, 2.45) is 0 Å². The molecule has 1 fully saturated rings. The molecule has 0 radical (unpaired) electrons. The molecule has 1 aliphatic rings. The van der Waals surface area contributed by atoms with Gasteiger partial charge in [-0.05, 0) is 37.1 Å². The third kappa shape index (κ3) is 3.16. The molecule has 1 saturated heterocycles. The minimum atomic E-state index is -0.337. The summed E-state index contributed by atoms with van der Waals surface area (Å²) in [6.45, 7) is 2.89. The third-order valence-corrected chi connectivity index (χ3v) is 5.11. The van der Waals surface area contributed by atoms with Crippen LogP contribution in [0.3, 0.4) is 0 Å². The van der Waals surface area contributed by atoms with Crippen molar-refractivity contribution >= 4 is 34.2 Å². The monoisotopic (exact) mass is 378 g/mol. The zero-order chi connectivity index (χ0) is 19.7. The van der Waals surface area contributed by atoms with Crippen LogP contribution < -0.4 is 10.2 Å². The molecule has 0 spiro atoms. The Bertz CT molecular complexity index is 1050. The smallest absolute Gasteiger partial charge is 0.291 e. The number of carbonyl (C=O) groups is 2. The highest BCUT2D eigenvalue weighted by Crippen LogP contribution is 2.31. The molecule has 144 valence electrons. The highest BCUT2D eigenvalue weighted by atomic mass is 16.5. The Kier molecular flexibility index (Phi) is 4.88. The van der Waals surface area contributed by atoms with Gasteiger partial charge in [0.15, 0.2) is 5.76 Å². The molecule has 1 aromatic heterocycles. The summed E-state index contributed by atoms with van der Waals surface area (Å²) in [4.78, 5) is 26.9. The third-order valence-electron chi connectivity index (χ3n) is 5.11. The van der Waals surface area contributed by atoms with Crippen molar-refractivity contribution in [3.63, 3.8) is 0 Å². The molecule has 2 aromatic carbocycles. The van der Waals surface area contributed by atoms with Gasteiger partial charge in [-0.25, -0.2) is 0 Å². The van der Waals surface area contributed by atoms with Crippen molar-refractivity contribution in [3.05, 3.63) is 59.4 Å². The van der Waals surface area contributed by atoms with Gasteiger partial charge in [-0.2, -0.15) is 0 Å². The van der Waals surface area contributed by atoms with Gasteiger partial charge in [0.25, 0.3) is 5.91 Å². The number of amides is 2. The molecule has 3 aromatic rings. The van der Waals surface area contributed by atoms with Gasteiger partial charge in [-0.15, -0.1) is 0 Å². The minimum Gasteiger partial charge on any atom is -0.451 e. The first-order valence-electron chi connectivity index (χ1n) is 9.31. The van der Waals surface area contributed by atoms with Gasteiger partial charge in [-0.3, -0.25) is 9.59 Å². The predicted molar refractivity (Wildman–Crippen MR) is 108 cm³/mol. The fourth-order valence-corrected chi connectivity index (χ4v) is 3.70. The molecule has 0 atom stereocenters. The maximum Gasteiger partial charge on any atom is 0.291 e. The number of nitrogens with zero attached hydrogens (tertiary/aromatic N) is 1. The lowest BCUT2D eigenvalue weighted by Crippen LogP contribution is -2.25. The van der Waals surface area contributed by atoms with Gasteiger partial charge >= 0.3 is 0 Å². The van der Waals surface area contributed by atoms with E-state index in [1.165, 1.54) is 0 Å². The van der Waals surface area contributed by atoms with E-state index in [-0.39, 0.29) is 24.2 Å². The number of hydrogen-bond donors (Lipinski definition) is 1. The van der Waals surface area contributed by atoms with Crippen LogP contribution in [-0.4, -0.2) is 25.5 Å². The lowest BCUT2D eigenvalue weighted by molar-refractivity contribution is -0.117. The Morgan fingerprint density at radius 3 is 2.79 bits per heavy atom. The summed E-state index contributed by atoms with van der Waals surface area (Å²) in [7, 11) is 1.59. The summed E-state index contributed by atoms with van der Waals surface area (Å²) in [6, 6.07) is 13.1. The van der Waals surface area contributed by atoms with E-state index in [0.717, 1.165) is 28.6 Å². The van der Waals surface area contributed by atoms with E-state index in [2.05, 4.69) is 5.32 Å². The Labute approximate surface area is 163 Å². The number of fused-ring (bicyclic) bond motifs is 1. The zero-order valence-corrected chi connectivity index (χ0v) is 16.0. The summed E-state index contributed by atoms with van der Waals surface area (Å²) in [5.41, 5.74) is 3.72. The van der Waals surface area contributed by atoms with Crippen molar-refractivity contribution < 1.29 is 18.7 Å². The molecule has 6 nitrogen and oxygen atoms in total. The van der Waals surface area contributed by atoms with Crippen LogP contribution in [0.15, 0.2) is 46.9 Å². The first kappa shape index (κ1) is 18.3. The lowest BCUT2D eigenvalue weighted by atomic mass is 10.1. The van der Waals surface area contributed by atoms with E-state index in [1.54, 1.807) is 12.0 Å². The van der Waals surface area contributed by atoms with E-state index in [9.17, 15) is 9.59 Å². The van der Waals surface area contributed by atoms with E-state index >= 15 is 0 Å². The second-order valence-corrected chi connectivity index (χ2v) is 6.89. The van der Waals surface area contributed by atoms with Crippen molar-refractivity contribution in [2.45, 2.75) is 26.4 Å². The highest BCUT2D eigenvalue weighted by molar-refractivity contribution is 6.07. The summed E-state index contributed by atoms with van der Waals surface area (Å²) >= 11 is 0. The van der Waals surface area contributed by atoms with Crippen LogP contribution >= 0.6 is 0 Å². The number of rotatable bonds is 5. The quantitative estimate of drug-likeness (QED) is 0.720. The SMILES string of the molecule is COCc1c(C(=O)Nc2cccc(N3CCCC3=O)c2C)oc2ccccc12. The minimum absolute atomic E-state index is 0.117. The second kappa shape index (κ2) is 7.48. The standard InChI is InChI=1S/C22H22N2O4/c1-14-17(8-5-9-18(14)24-12-6-11-20(24)25)23-22(26)21-16(13-27-2)15-7-3-4-10-19(15)28-21/h3-5,7-10H,6,11-13H2,1-2H3,(H,23,26). The van der Waals surface area contributed by atoms with E-state index in [1.807, 2.05) is 49.4 Å². The van der Waals surface area contributed by atoms with Crippen molar-refractivity contribution in [1.29, 1.82) is 0 Å². The first-order valence-corrected chi connectivity index (χ1v) is 9.31. The molecule has 0 aliphatic carbocycles. The van der Waals surface area contributed by atoms with Gasteiger partial charge in [0.2, 0.25) is 5.91 Å². The number of anilines is 2. The van der Waals surface area contributed by atoms with Crippen LogP contribution in [0.2, 0.25) is 0 Å². The fraction of sp³-hybridized carbons (Fsp3) is 0.273. The molecule has 2 amide bonds. The summed E-state index contributed by atoms with van der Waals surface area (Å²) in [5.74, 6) is 0.0209. The molecular formula is C22H22N2O4. The second-order valence-electron chi connectivity index (χ2n) is 6.89. The number of furan rings is 1. The summed E-state index contributed by atoms with van der Waals surface area (Å²) in [6.07, 6.45) is 1.42. The average molecular weight is 378 g/mol. The fourth-order valence-electron chi connectivity index (χ4n) is 3.70. The molecule has 0 unspecified atom stereocenters. The van der Waals surface area contributed by atoms with Crippen LogP contribution in [-0.2, 0) is 16.1 Å². The number of benzene rings is 2. The summed E-state index contributed by atoms with van der Waals surface area (Å²) in [5, 5.41) is 3.80. The Morgan fingerprint density at radius 2 is 2.04 bits per heavy atom. The van der Waals surface area contributed by atoms with Crippen LogP contribution in [0.1, 0.15) is 34.5 Å². The number of nitrogens with one attached hydrogen (secondary N) is 1. The largest absolute Gasteiger partial charge is 0.451 e. The average Bonchev–Trinajstić information content (AvgIpc) is 3.28. The van der Waals surface area contributed by atoms with Crippen LogP contribution in [0.4, 0.5) is 11.4 Å². The van der Waals surface area contributed by atoms with Crippen LogP contribution in [0, 0.1) is 6.92 Å². The van der Waals surface area contributed by atoms with Crippen molar-refractivity contribution in [3.8, 4) is 0 Å². The normalized spacial score (nSPS) is 14.1. The van der Waals surface area contributed by atoms with Crippen LogP contribution in [0.5, 0.6) is 0 Å². The maximum atomic E-state index is 13.0. The highest BCUT2D eigenvalue weighted by Gasteiger charge is 2.25.